The van der Waals surface area contributed by atoms with E-state index >= 15 is 0 Å². The van der Waals surface area contributed by atoms with Crippen molar-refractivity contribution < 1.29 is 4.21 Å². The van der Waals surface area contributed by atoms with E-state index in [1.807, 2.05) is 6.07 Å². The number of nitrogens with one attached hydrogen (secondary N) is 1. The lowest BCUT2D eigenvalue weighted by Gasteiger charge is -2.30. The number of rotatable bonds is 2. The van der Waals surface area contributed by atoms with E-state index in [1.165, 1.54) is 11.3 Å². The highest BCUT2D eigenvalue weighted by Crippen LogP contribution is 2.19. The molecule has 1 heterocycles. The van der Waals surface area contributed by atoms with Crippen LogP contribution in [-0.2, 0) is 11.0 Å². The molecular formula is C17H23N3OS. The minimum Gasteiger partial charge on any atom is -0.369 e. The van der Waals surface area contributed by atoms with Gasteiger partial charge in [-0.3, -0.25) is 0 Å². The van der Waals surface area contributed by atoms with Crippen LogP contribution in [0, 0.1) is 6.92 Å². The number of para-hydroxylation sites is 1. The van der Waals surface area contributed by atoms with Crippen molar-refractivity contribution in [1.82, 2.24) is 5.32 Å². The Hall–Kier alpha value is -1.69. The van der Waals surface area contributed by atoms with Gasteiger partial charge in [0.15, 0.2) is 0 Å². The third-order valence-electron chi connectivity index (χ3n) is 3.55. The highest BCUT2D eigenvalue weighted by atomic mass is 32.2. The zero-order valence-corrected chi connectivity index (χ0v) is 13.7. The van der Waals surface area contributed by atoms with Crippen LogP contribution in [0.1, 0.15) is 5.56 Å². The van der Waals surface area contributed by atoms with Gasteiger partial charge in [-0.25, -0.2) is 9.35 Å². The van der Waals surface area contributed by atoms with Gasteiger partial charge in [0.1, 0.15) is 11.0 Å². The van der Waals surface area contributed by atoms with Crippen molar-refractivity contribution in [3.63, 3.8) is 0 Å². The highest BCUT2D eigenvalue weighted by molar-refractivity contribution is 7.82. The first-order chi connectivity index (χ1) is 10.7. The first-order valence-electron chi connectivity index (χ1n) is 7.41. The fourth-order valence-corrected chi connectivity index (χ4v) is 2.80. The van der Waals surface area contributed by atoms with Crippen LogP contribution >= 0.6 is 0 Å². The molecule has 0 saturated carbocycles. The molecule has 22 heavy (non-hydrogen) atoms. The Kier molecular flexibility index (Phi) is 6.58. The Balaban J connectivity index is 0.000000172. The molecule has 1 aliphatic heterocycles. The lowest BCUT2D eigenvalue weighted by Crippen LogP contribution is -2.43. The van der Waals surface area contributed by atoms with E-state index in [4.69, 9.17) is 5.14 Å². The maximum atomic E-state index is 10.5. The number of piperazine rings is 1. The standard InChI is InChI=1S/C11H16N2.C6H7NOS/c1-10-4-2-3-5-11(10)13-8-6-12-7-9-13;7-9(8)6-4-2-1-3-5-6/h2-5,12H,6-9H2,1H3;1-5H,7H2. The van der Waals surface area contributed by atoms with Crippen LogP contribution in [0.2, 0.25) is 0 Å². The van der Waals surface area contributed by atoms with Gasteiger partial charge < -0.3 is 10.2 Å². The summed E-state index contributed by atoms with van der Waals surface area (Å²) in [4.78, 5) is 3.11. The smallest absolute Gasteiger partial charge is 0.122 e. The van der Waals surface area contributed by atoms with Gasteiger partial charge >= 0.3 is 0 Å². The second-order valence-electron chi connectivity index (χ2n) is 5.13. The van der Waals surface area contributed by atoms with Gasteiger partial charge in [0.05, 0.1) is 4.90 Å². The van der Waals surface area contributed by atoms with E-state index in [0.29, 0.717) is 4.90 Å². The molecule has 3 N–H and O–H groups in total. The van der Waals surface area contributed by atoms with Crippen LogP contribution < -0.4 is 15.4 Å². The molecule has 1 fully saturated rings. The maximum Gasteiger partial charge on any atom is 0.122 e. The number of hydrogen-bond acceptors (Lipinski definition) is 3. The fraction of sp³-hybridized carbons (Fsp3) is 0.294. The summed E-state index contributed by atoms with van der Waals surface area (Å²) in [5, 5.41) is 8.45. The van der Waals surface area contributed by atoms with Gasteiger partial charge in [-0.05, 0) is 30.7 Å². The Labute approximate surface area is 134 Å². The van der Waals surface area contributed by atoms with Crippen molar-refractivity contribution in [2.24, 2.45) is 5.14 Å². The number of anilines is 1. The lowest BCUT2D eigenvalue weighted by atomic mass is 10.1. The summed E-state index contributed by atoms with van der Waals surface area (Å²) in [6.45, 7) is 6.65. The van der Waals surface area contributed by atoms with Crippen LogP contribution in [0.15, 0.2) is 59.5 Å². The SMILES string of the molecule is Cc1ccccc1N1CCNCC1.NS(=O)c1ccccc1. The molecule has 2 aromatic rings. The van der Waals surface area contributed by atoms with Crippen molar-refractivity contribution in [2.45, 2.75) is 11.8 Å². The zero-order chi connectivity index (χ0) is 15.8. The third-order valence-corrected chi connectivity index (χ3v) is 4.29. The Morgan fingerprint density at radius 1 is 1.00 bits per heavy atom. The van der Waals surface area contributed by atoms with Crippen molar-refractivity contribution in [1.29, 1.82) is 0 Å². The van der Waals surface area contributed by atoms with Crippen LogP contribution in [0.4, 0.5) is 5.69 Å². The average Bonchev–Trinajstić information content (AvgIpc) is 2.57. The quantitative estimate of drug-likeness (QED) is 0.891. The molecule has 1 atom stereocenters. The molecule has 1 saturated heterocycles. The Bertz CT molecular complexity index is 598. The molecule has 3 rings (SSSR count). The first kappa shape index (κ1) is 16.7. The lowest BCUT2D eigenvalue weighted by molar-refractivity contribution is 0.588. The second-order valence-corrected chi connectivity index (χ2v) is 6.20. The maximum absolute atomic E-state index is 10.5. The summed E-state index contributed by atoms with van der Waals surface area (Å²) in [6.07, 6.45) is 0. The molecule has 0 aromatic heterocycles. The fourth-order valence-electron chi connectivity index (χ4n) is 2.38. The van der Waals surface area contributed by atoms with Crippen LogP contribution in [-0.4, -0.2) is 30.4 Å². The van der Waals surface area contributed by atoms with Crippen molar-refractivity contribution in [3.8, 4) is 0 Å². The molecule has 4 nitrogen and oxygen atoms in total. The van der Waals surface area contributed by atoms with Crippen molar-refractivity contribution in [2.75, 3.05) is 31.1 Å². The number of benzene rings is 2. The average molecular weight is 317 g/mol. The zero-order valence-electron chi connectivity index (χ0n) is 12.9. The Morgan fingerprint density at radius 2 is 1.59 bits per heavy atom. The minimum absolute atomic E-state index is 0.664. The third kappa shape index (κ3) is 4.94. The highest BCUT2D eigenvalue weighted by Gasteiger charge is 2.11. The summed E-state index contributed by atoms with van der Waals surface area (Å²) in [5.74, 6) is 0. The molecule has 0 aliphatic carbocycles. The van der Waals surface area contributed by atoms with Crippen LogP contribution in [0.25, 0.3) is 0 Å². The van der Waals surface area contributed by atoms with Gasteiger partial charge in [0, 0.05) is 31.9 Å². The molecule has 5 heteroatoms. The molecule has 1 aliphatic rings. The molecule has 0 amide bonds. The van der Waals surface area contributed by atoms with Crippen LogP contribution in [0.5, 0.6) is 0 Å². The van der Waals surface area contributed by atoms with Crippen molar-refractivity contribution >= 4 is 16.7 Å². The van der Waals surface area contributed by atoms with E-state index in [-0.39, 0.29) is 0 Å². The predicted octanol–water partition coefficient (Wildman–Crippen LogP) is 2.07. The summed E-state index contributed by atoms with van der Waals surface area (Å²) in [6, 6.07) is 17.5. The summed E-state index contributed by atoms with van der Waals surface area (Å²) < 4.78 is 10.5. The molecular weight excluding hydrogens is 294 g/mol. The topological polar surface area (TPSA) is 58.4 Å². The monoisotopic (exact) mass is 317 g/mol. The van der Waals surface area contributed by atoms with E-state index < -0.39 is 11.0 Å². The normalized spacial score (nSPS) is 15.6. The second kappa shape index (κ2) is 8.68. The molecule has 0 bridgehead atoms. The largest absolute Gasteiger partial charge is 0.369 e. The van der Waals surface area contributed by atoms with E-state index in [1.54, 1.807) is 24.3 Å². The number of nitrogens with two attached hydrogens (primary N) is 1. The van der Waals surface area contributed by atoms with Crippen LogP contribution in [0.3, 0.4) is 0 Å². The van der Waals surface area contributed by atoms with E-state index in [2.05, 4.69) is 41.4 Å². The number of nitrogens with zero attached hydrogens (tertiary/aromatic N) is 1. The van der Waals surface area contributed by atoms with Gasteiger partial charge in [-0.15, -0.1) is 0 Å². The molecule has 0 spiro atoms. The van der Waals surface area contributed by atoms with Gasteiger partial charge in [0.25, 0.3) is 0 Å². The molecule has 0 radical (unpaired) electrons. The summed E-state index contributed by atoms with van der Waals surface area (Å²) in [5.41, 5.74) is 2.77. The van der Waals surface area contributed by atoms with Gasteiger partial charge in [-0.2, -0.15) is 0 Å². The van der Waals surface area contributed by atoms with E-state index in [0.717, 1.165) is 26.2 Å². The van der Waals surface area contributed by atoms with Crippen molar-refractivity contribution in [3.05, 3.63) is 60.2 Å². The predicted molar refractivity (Wildman–Crippen MR) is 93.3 cm³/mol. The van der Waals surface area contributed by atoms with Gasteiger partial charge in [-0.1, -0.05) is 36.4 Å². The van der Waals surface area contributed by atoms with Gasteiger partial charge in [0.2, 0.25) is 0 Å². The first-order valence-corrected chi connectivity index (χ1v) is 8.62. The minimum atomic E-state index is -1.33. The summed E-state index contributed by atoms with van der Waals surface area (Å²) in [7, 11) is -1.33. The number of hydrogen-bond donors (Lipinski definition) is 2. The molecule has 118 valence electrons. The Morgan fingerprint density at radius 3 is 2.14 bits per heavy atom. The molecule has 2 aromatic carbocycles. The van der Waals surface area contributed by atoms with E-state index in [9.17, 15) is 4.21 Å². The summed E-state index contributed by atoms with van der Waals surface area (Å²) >= 11 is 0. The molecule has 1 unspecified atom stereocenters. The number of aryl methyl sites for hydroxylation is 1.